The summed E-state index contributed by atoms with van der Waals surface area (Å²) in [7, 11) is 0. The van der Waals surface area contributed by atoms with Crippen LogP contribution in [0.5, 0.6) is 0 Å². The standard InChI is InChI=1S/C15H21NO/c1-3-5-15(17)16-9-8-13-10-12(4-2)6-7-14(13)11-16/h6-7,10H,3-5,8-9,11H2,1-2H3. The van der Waals surface area contributed by atoms with E-state index in [0.29, 0.717) is 12.3 Å². The van der Waals surface area contributed by atoms with Crippen LogP contribution in [-0.2, 0) is 24.2 Å². The van der Waals surface area contributed by atoms with Crippen LogP contribution in [0.2, 0.25) is 0 Å². The zero-order valence-electron chi connectivity index (χ0n) is 10.8. The highest BCUT2D eigenvalue weighted by Crippen LogP contribution is 2.21. The van der Waals surface area contributed by atoms with Crippen LogP contribution in [0.25, 0.3) is 0 Å². The number of rotatable bonds is 3. The Balaban J connectivity index is 2.11. The van der Waals surface area contributed by atoms with E-state index in [2.05, 4.69) is 32.0 Å². The summed E-state index contributed by atoms with van der Waals surface area (Å²) >= 11 is 0. The van der Waals surface area contributed by atoms with Gasteiger partial charge >= 0.3 is 0 Å². The third-order valence-electron chi connectivity index (χ3n) is 3.51. The molecule has 2 heteroatoms. The molecule has 0 N–H and O–H groups in total. The van der Waals surface area contributed by atoms with Gasteiger partial charge in [0.05, 0.1) is 0 Å². The van der Waals surface area contributed by atoms with E-state index in [1.165, 1.54) is 16.7 Å². The zero-order valence-corrected chi connectivity index (χ0v) is 10.8. The maximum atomic E-state index is 11.9. The Morgan fingerprint density at radius 1 is 1.29 bits per heavy atom. The Bertz CT molecular complexity index is 411. The van der Waals surface area contributed by atoms with Gasteiger partial charge in [0.1, 0.15) is 0 Å². The number of hydrogen-bond donors (Lipinski definition) is 0. The maximum Gasteiger partial charge on any atom is 0.222 e. The highest BCUT2D eigenvalue weighted by molar-refractivity contribution is 5.76. The quantitative estimate of drug-likeness (QED) is 0.783. The average Bonchev–Trinajstić information content (AvgIpc) is 2.37. The highest BCUT2D eigenvalue weighted by atomic mass is 16.2. The van der Waals surface area contributed by atoms with Gasteiger partial charge in [0.2, 0.25) is 5.91 Å². The first-order valence-electron chi connectivity index (χ1n) is 6.63. The first-order chi connectivity index (χ1) is 8.24. The van der Waals surface area contributed by atoms with E-state index in [4.69, 9.17) is 0 Å². The van der Waals surface area contributed by atoms with Crippen LogP contribution in [0.15, 0.2) is 18.2 Å². The van der Waals surface area contributed by atoms with Crippen molar-refractivity contribution in [2.24, 2.45) is 0 Å². The predicted molar refractivity (Wildman–Crippen MR) is 69.8 cm³/mol. The molecule has 1 heterocycles. The second-order valence-corrected chi connectivity index (χ2v) is 4.77. The molecule has 0 saturated carbocycles. The lowest BCUT2D eigenvalue weighted by atomic mass is 9.96. The number of aryl methyl sites for hydroxylation is 1. The molecular weight excluding hydrogens is 210 g/mol. The normalized spacial score (nSPS) is 14.6. The molecule has 0 saturated heterocycles. The summed E-state index contributed by atoms with van der Waals surface area (Å²) in [5, 5.41) is 0. The minimum absolute atomic E-state index is 0.303. The third kappa shape index (κ3) is 2.68. The van der Waals surface area contributed by atoms with Crippen LogP contribution >= 0.6 is 0 Å². The van der Waals surface area contributed by atoms with Crippen LogP contribution in [0, 0.1) is 0 Å². The van der Waals surface area contributed by atoms with E-state index in [1.807, 2.05) is 4.90 Å². The second-order valence-electron chi connectivity index (χ2n) is 4.77. The smallest absolute Gasteiger partial charge is 0.222 e. The van der Waals surface area contributed by atoms with Gasteiger partial charge in [-0.1, -0.05) is 32.0 Å². The molecule has 0 fully saturated rings. The first kappa shape index (κ1) is 12.2. The van der Waals surface area contributed by atoms with Gasteiger partial charge in [-0.2, -0.15) is 0 Å². The molecule has 0 unspecified atom stereocenters. The maximum absolute atomic E-state index is 11.9. The topological polar surface area (TPSA) is 20.3 Å². The molecule has 2 rings (SSSR count). The minimum Gasteiger partial charge on any atom is -0.338 e. The minimum atomic E-state index is 0.303. The van der Waals surface area contributed by atoms with Crippen LogP contribution in [0.1, 0.15) is 43.4 Å². The molecule has 0 aliphatic carbocycles. The van der Waals surface area contributed by atoms with E-state index in [0.717, 1.165) is 32.4 Å². The van der Waals surface area contributed by atoms with Gasteiger partial charge in [0.25, 0.3) is 0 Å². The molecule has 1 aromatic carbocycles. The van der Waals surface area contributed by atoms with Crippen molar-refractivity contribution >= 4 is 5.91 Å². The van der Waals surface area contributed by atoms with Crippen molar-refractivity contribution in [3.8, 4) is 0 Å². The number of fused-ring (bicyclic) bond motifs is 1. The summed E-state index contributed by atoms with van der Waals surface area (Å²) in [6.45, 7) is 5.93. The van der Waals surface area contributed by atoms with Gasteiger partial charge in [-0.05, 0) is 36.0 Å². The van der Waals surface area contributed by atoms with Crippen molar-refractivity contribution in [3.05, 3.63) is 34.9 Å². The van der Waals surface area contributed by atoms with E-state index >= 15 is 0 Å². The molecule has 0 radical (unpaired) electrons. The summed E-state index contributed by atoms with van der Waals surface area (Å²) < 4.78 is 0. The molecule has 92 valence electrons. The first-order valence-corrected chi connectivity index (χ1v) is 6.63. The summed E-state index contributed by atoms with van der Waals surface area (Å²) in [5.74, 6) is 0.303. The monoisotopic (exact) mass is 231 g/mol. The Morgan fingerprint density at radius 2 is 2.12 bits per heavy atom. The molecule has 1 aliphatic rings. The largest absolute Gasteiger partial charge is 0.338 e. The molecular formula is C15H21NO. The van der Waals surface area contributed by atoms with Crippen molar-refractivity contribution in [2.75, 3.05) is 6.54 Å². The molecule has 1 aliphatic heterocycles. The third-order valence-corrected chi connectivity index (χ3v) is 3.51. The molecule has 2 nitrogen and oxygen atoms in total. The van der Waals surface area contributed by atoms with E-state index in [-0.39, 0.29) is 0 Å². The lowest BCUT2D eigenvalue weighted by molar-refractivity contribution is -0.132. The molecule has 1 amide bonds. The lowest BCUT2D eigenvalue weighted by Gasteiger charge is -2.29. The van der Waals surface area contributed by atoms with Gasteiger partial charge in [-0.3, -0.25) is 4.79 Å². The van der Waals surface area contributed by atoms with Gasteiger partial charge in [0, 0.05) is 19.5 Å². The summed E-state index contributed by atoms with van der Waals surface area (Å²) in [4.78, 5) is 13.9. The molecule has 17 heavy (non-hydrogen) atoms. The SMILES string of the molecule is CCCC(=O)N1CCc2cc(CC)ccc2C1. The number of carbonyl (C=O) groups excluding carboxylic acids is 1. The van der Waals surface area contributed by atoms with Gasteiger partial charge < -0.3 is 4.90 Å². The van der Waals surface area contributed by atoms with E-state index < -0.39 is 0 Å². The number of nitrogens with zero attached hydrogens (tertiary/aromatic N) is 1. The van der Waals surface area contributed by atoms with Crippen LogP contribution in [0.4, 0.5) is 0 Å². The highest BCUT2D eigenvalue weighted by Gasteiger charge is 2.19. The molecule has 0 bridgehead atoms. The van der Waals surface area contributed by atoms with Gasteiger partial charge in [0.15, 0.2) is 0 Å². The van der Waals surface area contributed by atoms with Crippen molar-refractivity contribution in [2.45, 2.75) is 46.1 Å². The van der Waals surface area contributed by atoms with Crippen molar-refractivity contribution in [3.63, 3.8) is 0 Å². The van der Waals surface area contributed by atoms with Crippen molar-refractivity contribution in [1.82, 2.24) is 4.90 Å². The average molecular weight is 231 g/mol. The fraction of sp³-hybridized carbons (Fsp3) is 0.533. The number of benzene rings is 1. The predicted octanol–water partition coefficient (Wildman–Crippen LogP) is 2.93. The summed E-state index contributed by atoms with van der Waals surface area (Å²) in [6, 6.07) is 6.68. The zero-order chi connectivity index (χ0) is 12.3. The fourth-order valence-corrected chi connectivity index (χ4v) is 2.41. The second kappa shape index (κ2) is 5.35. The number of amides is 1. The van der Waals surface area contributed by atoms with Crippen LogP contribution in [0.3, 0.4) is 0 Å². The molecule has 1 aromatic rings. The molecule has 0 spiro atoms. The fourth-order valence-electron chi connectivity index (χ4n) is 2.41. The van der Waals surface area contributed by atoms with E-state index in [9.17, 15) is 4.79 Å². The number of carbonyl (C=O) groups is 1. The van der Waals surface area contributed by atoms with Crippen molar-refractivity contribution < 1.29 is 4.79 Å². The number of hydrogen-bond acceptors (Lipinski definition) is 1. The molecule has 0 atom stereocenters. The summed E-state index contributed by atoms with van der Waals surface area (Å²) in [5.41, 5.74) is 4.17. The Kier molecular flexibility index (Phi) is 3.82. The molecule has 0 aromatic heterocycles. The van der Waals surface area contributed by atoms with Crippen LogP contribution in [-0.4, -0.2) is 17.4 Å². The van der Waals surface area contributed by atoms with Gasteiger partial charge in [-0.15, -0.1) is 0 Å². The Hall–Kier alpha value is -1.31. The Morgan fingerprint density at radius 3 is 2.82 bits per heavy atom. The van der Waals surface area contributed by atoms with Gasteiger partial charge in [-0.25, -0.2) is 0 Å². The lowest BCUT2D eigenvalue weighted by Crippen LogP contribution is -2.35. The Labute approximate surface area is 104 Å². The van der Waals surface area contributed by atoms with Crippen LogP contribution < -0.4 is 0 Å². The summed E-state index contributed by atoms with van der Waals surface area (Å²) in [6.07, 6.45) is 3.73. The van der Waals surface area contributed by atoms with Crippen molar-refractivity contribution in [1.29, 1.82) is 0 Å². The van der Waals surface area contributed by atoms with E-state index in [1.54, 1.807) is 0 Å².